The minimum absolute atomic E-state index is 0.0548. The standard InChI is InChI=1S/C26H26N6O2S/c1-31-12-14-32(15-13-31)19-9-7-17(8-10-19)21(33)16-22-24(25(27)34)30-26(35-22)29-20-6-2-4-18-5-3-11-28-23(18)20/h2-11H,12-16H2,1H3,(H2,27,34)(H,29,30). The summed E-state index contributed by atoms with van der Waals surface area (Å²) in [7, 11) is 2.12. The first-order valence-electron chi connectivity index (χ1n) is 11.4. The minimum Gasteiger partial charge on any atom is -0.369 e. The van der Waals surface area contributed by atoms with Gasteiger partial charge in [-0.1, -0.05) is 18.2 Å². The lowest BCUT2D eigenvalue weighted by Crippen LogP contribution is -2.44. The zero-order chi connectivity index (χ0) is 24.4. The third kappa shape index (κ3) is 5.01. The van der Waals surface area contributed by atoms with Crippen molar-refractivity contribution in [1.29, 1.82) is 0 Å². The molecule has 3 heterocycles. The van der Waals surface area contributed by atoms with Crippen molar-refractivity contribution in [3.8, 4) is 0 Å². The SMILES string of the molecule is CN1CCN(c2ccc(C(=O)Cc3sc(Nc4cccc5cccnc45)nc3C(N)=O)cc2)CC1. The Morgan fingerprint density at radius 2 is 1.77 bits per heavy atom. The molecule has 8 nitrogen and oxygen atoms in total. The smallest absolute Gasteiger partial charge is 0.268 e. The number of ketones is 1. The maximum Gasteiger partial charge on any atom is 0.268 e. The van der Waals surface area contributed by atoms with Crippen LogP contribution in [0.25, 0.3) is 10.9 Å². The van der Waals surface area contributed by atoms with Gasteiger partial charge in [0.15, 0.2) is 10.9 Å². The van der Waals surface area contributed by atoms with Crippen LogP contribution in [-0.4, -0.2) is 59.8 Å². The van der Waals surface area contributed by atoms with E-state index in [-0.39, 0.29) is 17.9 Å². The number of likely N-dealkylation sites (N-methyl/N-ethyl adjacent to an activating group) is 1. The van der Waals surface area contributed by atoms with Crippen LogP contribution in [0.15, 0.2) is 60.8 Å². The zero-order valence-electron chi connectivity index (χ0n) is 19.4. The Balaban J connectivity index is 1.33. The molecule has 9 heteroatoms. The molecular weight excluding hydrogens is 460 g/mol. The number of rotatable bonds is 7. The average molecular weight is 487 g/mol. The number of nitrogens with one attached hydrogen (secondary N) is 1. The third-order valence-electron chi connectivity index (χ3n) is 6.18. The molecule has 1 fully saturated rings. The molecule has 35 heavy (non-hydrogen) atoms. The van der Waals surface area contributed by atoms with Crippen LogP contribution in [0.3, 0.4) is 0 Å². The van der Waals surface area contributed by atoms with Crippen LogP contribution < -0.4 is 16.0 Å². The number of nitrogens with zero attached hydrogens (tertiary/aromatic N) is 4. The number of carbonyl (C=O) groups is 2. The fourth-order valence-corrected chi connectivity index (χ4v) is 5.19. The molecule has 4 aromatic rings. The molecule has 178 valence electrons. The summed E-state index contributed by atoms with van der Waals surface area (Å²) in [5.74, 6) is -0.738. The molecule has 3 N–H and O–H groups in total. The van der Waals surface area contributed by atoms with Crippen LogP contribution in [0.5, 0.6) is 0 Å². The van der Waals surface area contributed by atoms with Gasteiger partial charge in [0, 0.05) is 60.3 Å². The number of thiazole rings is 1. The first-order valence-corrected chi connectivity index (χ1v) is 12.3. The van der Waals surface area contributed by atoms with E-state index in [0.717, 1.165) is 48.5 Å². The topological polar surface area (TPSA) is 104 Å². The van der Waals surface area contributed by atoms with Crippen molar-refractivity contribution in [2.24, 2.45) is 5.73 Å². The Bertz CT molecular complexity index is 1370. The number of primary amides is 1. The van der Waals surface area contributed by atoms with E-state index in [9.17, 15) is 9.59 Å². The number of piperazine rings is 1. The van der Waals surface area contributed by atoms with Gasteiger partial charge in [-0.2, -0.15) is 0 Å². The number of carbonyl (C=O) groups excluding carboxylic acids is 2. The molecule has 2 aromatic carbocycles. The van der Waals surface area contributed by atoms with Gasteiger partial charge < -0.3 is 20.9 Å². The first-order chi connectivity index (χ1) is 17.0. The van der Waals surface area contributed by atoms with Crippen molar-refractivity contribution in [3.05, 3.63) is 76.9 Å². The number of pyridine rings is 1. The Morgan fingerprint density at radius 3 is 2.51 bits per heavy atom. The first kappa shape index (κ1) is 22.9. The second-order valence-corrected chi connectivity index (χ2v) is 9.68. The summed E-state index contributed by atoms with van der Waals surface area (Å²) in [6.07, 6.45) is 1.78. The number of hydrogen-bond donors (Lipinski definition) is 2. The molecule has 0 aliphatic carbocycles. The van der Waals surface area contributed by atoms with Crippen LogP contribution >= 0.6 is 11.3 Å². The number of nitrogens with two attached hydrogens (primary N) is 1. The van der Waals surface area contributed by atoms with E-state index in [0.29, 0.717) is 15.6 Å². The molecule has 1 amide bonds. The number of aromatic nitrogens is 2. The summed E-state index contributed by atoms with van der Waals surface area (Å²) < 4.78 is 0. The zero-order valence-corrected chi connectivity index (χ0v) is 20.2. The molecule has 0 saturated carbocycles. The van der Waals surface area contributed by atoms with E-state index < -0.39 is 5.91 Å². The van der Waals surface area contributed by atoms with Gasteiger partial charge >= 0.3 is 0 Å². The van der Waals surface area contributed by atoms with Crippen molar-refractivity contribution in [2.75, 3.05) is 43.4 Å². The largest absolute Gasteiger partial charge is 0.369 e. The van der Waals surface area contributed by atoms with Gasteiger partial charge in [0.25, 0.3) is 5.91 Å². The highest BCUT2D eigenvalue weighted by atomic mass is 32.1. The highest BCUT2D eigenvalue weighted by molar-refractivity contribution is 7.16. The summed E-state index contributed by atoms with van der Waals surface area (Å²) in [4.78, 5) is 39.1. The average Bonchev–Trinajstić information content (AvgIpc) is 3.27. The molecule has 1 aliphatic heterocycles. The molecule has 1 aliphatic rings. The van der Waals surface area contributed by atoms with Gasteiger partial charge in [-0.25, -0.2) is 4.98 Å². The van der Waals surface area contributed by atoms with E-state index in [1.54, 1.807) is 6.20 Å². The van der Waals surface area contributed by atoms with Gasteiger partial charge in [-0.3, -0.25) is 14.6 Å². The summed E-state index contributed by atoms with van der Waals surface area (Å²) in [6, 6.07) is 17.3. The van der Waals surface area contributed by atoms with Crippen LogP contribution in [0.4, 0.5) is 16.5 Å². The Hall–Kier alpha value is -3.82. The number of Topliss-reactive ketones (excluding diaryl/α,β-unsaturated/α-hetero) is 1. The van der Waals surface area contributed by atoms with Crippen LogP contribution in [0.1, 0.15) is 25.7 Å². The van der Waals surface area contributed by atoms with E-state index in [2.05, 4.69) is 32.1 Å². The van der Waals surface area contributed by atoms with Gasteiger partial charge in [0.1, 0.15) is 5.69 Å². The summed E-state index contributed by atoms with van der Waals surface area (Å²) in [6.45, 7) is 3.98. The number of anilines is 3. The van der Waals surface area contributed by atoms with E-state index in [1.807, 2.05) is 54.6 Å². The number of para-hydroxylation sites is 1. The summed E-state index contributed by atoms with van der Waals surface area (Å²) in [5, 5.41) is 4.72. The fourth-order valence-electron chi connectivity index (χ4n) is 4.21. The lowest BCUT2D eigenvalue weighted by molar-refractivity contribution is 0.0991. The lowest BCUT2D eigenvalue weighted by Gasteiger charge is -2.34. The van der Waals surface area contributed by atoms with Crippen molar-refractivity contribution in [1.82, 2.24) is 14.9 Å². The molecular formula is C26H26N6O2S. The number of fused-ring (bicyclic) bond motifs is 1. The van der Waals surface area contributed by atoms with E-state index in [1.165, 1.54) is 11.3 Å². The molecule has 0 spiro atoms. The number of hydrogen-bond acceptors (Lipinski definition) is 8. The molecule has 0 bridgehead atoms. The Morgan fingerprint density at radius 1 is 1.03 bits per heavy atom. The second kappa shape index (κ2) is 9.81. The predicted molar refractivity (Wildman–Crippen MR) is 140 cm³/mol. The normalized spacial score (nSPS) is 14.3. The van der Waals surface area contributed by atoms with E-state index in [4.69, 9.17) is 5.73 Å². The molecule has 2 aromatic heterocycles. The predicted octanol–water partition coefficient (Wildman–Crippen LogP) is 3.71. The highest BCUT2D eigenvalue weighted by Gasteiger charge is 2.20. The van der Waals surface area contributed by atoms with Gasteiger partial charge in [0.05, 0.1) is 11.2 Å². The van der Waals surface area contributed by atoms with Crippen molar-refractivity contribution in [3.63, 3.8) is 0 Å². The second-order valence-electron chi connectivity index (χ2n) is 8.60. The van der Waals surface area contributed by atoms with Crippen LogP contribution in [-0.2, 0) is 6.42 Å². The Labute approximate surface area is 207 Å². The number of benzene rings is 2. The lowest BCUT2D eigenvalue weighted by atomic mass is 10.1. The molecule has 1 saturated heterocycles. The molecule has 0 unspecified atom stereocenters. The summed E-state index contributed by atoms with van der Waals surface area (Å²) >= 11 is 1.26. The third-order valence-corrected chi connectivity index (χ3v) is 7.15. The molecule has 0 atom stereocenters. The Kier molecular flexibility index (Phi) is 6.43. The highest BCUT2D eigenvalue weighted by Crippen LogP contribution is 2.30. The maximum atomic E-state index is 13.0. The van der Waals surface area contributed by atoms with Crippen LogP contribution in [0.2, 0.25) is 0 Å². The fraction of sp³-hybridized carbons (Fsp3) is 0.231. The summed E-state index contributed by atoms with van der Waals surface area (Å²) in [5.41, 5.74) is 8.97. The van der Waals surface area contributed by atoms with Gasteiger partial charge in [-0.05, 0) is 43.4 Å². The monoisotopic (exact) mass is 486 g/mol. The molecule has 5 rings (SSSR count). The van der Waals surface area contributed by atoms with Crippen molar-refractivity contribution in [2.45, 2.75) is 6.42 Å². The van der Waals surface area contributed by atoms with Crippen LogP contribution in [0, 0.1) is 0 Å². The van der Waals surface area contributed by atoms with Crippen molar-refractivity contribution < 1.29 is 9.59 Å². The maximum absolute atomic E-state index is 13.0. The molecule has 0 radical (unpaired) electrons. The minimum atomic E-state index is -0.654. The van der Waals surface area contributed by atoms with Crippen molar-refractivity contribution >= 4 is 50.4 Å². The van der Waals surface area contributed by atoms with Gasteiger partial charge in [-0.15, -0.1) is 11.3 Å². The number of amides is 1. The van der Waals surface area contributed by atoms with Gasteiger partial charge in [0.2, 0.25) is 0 Å². The quantitative estimate of drug-likeness (QED) is 0.384. The van der Waals surface area contributed by atoms with E-state index >= 15 is 0 Å².